The minimum atomic E-state index is -0.911. The molecule has 0 spiro atoms. The zero-order valence-electron chi connectivity index (χ0n) is 11.6. The number of amides is 1. The average molecular weight is 356 g/mol. The topological polar surface area (TPSA) is 66.8 Å². The van der Waals surface area contributed by atoms with Crippen LogP contribution in [0.4, 0.5) is 0 Å². The van der Waals surface area contributed by atoms with Gasteiger partial charge in [-0.3, -0.25) is 4.79 Å². The molecule has 0 unspecified atom stereocenters. The third-order valence-electron chi connectivity index (χ3n) is 3.46. The Bertz CT molecular complexity index is 520. The van der Waals surface area contributed by atoms with Crippen LogP contribution < -0.4 is 4.74 Å². The molecular formula is C15H18BrNO4. The summed E-state index contributed by atoms with van der Waals surface area (Å²) in [4.78, 5) is 24.5. The minimum absolute atomic E-state index is 0.0993. The number of hydrogen-bond acceptors (Lipinski definition) is 3. The van der Waals surface area contributed by atoms with Gasteiger partial charge in [0, 0.05) is 17.4 Å². The summed E-state index contributed by atoms with van der Waals surface area (Å²) in [5.41, 5.74) is 0. The highest BCUT2D eigenvalue weighted by Crippen LogP contribution is 2.20. The maximum Gasteiger partial charge on any atom is 0.326 e. The summed E-state index contributed by atoms with van der Waals surface area (Å²) in [6.45, 7) is 0.982. The van der Waals surface area contributed by atoms with Crippen LogP contribution >= 0.6 is 15.9 Å². The van der Waals surface area contributed by atoms with Crippen molar-refractivity contribution < 1.29 is 19.4 Å². The first-order valence-electron chi connectivity index (χ1n) is 6.98. The lowest BCUT2D eigenvalue weighted by Gasteiger charge is -2.21. The van der Waals surface area contributed by atoms with Gasteiger partial charge in [0.15, 0.2) is 0 Å². The van der Waals surface area contributed by atoms with Crippen LogP contribution in [0.1, 0.15) is 25.7 Å². The Kier molecular flexibility index (Phi) is 5.61. The molecule has 1 fully saturated rings. The summed E-state index contributed by atoms with van der Waals surface area (Å²) in [5, 5.41) is 9.06. The van der Waals surface area contributed by atoms with Gasteiger partial charge in [0.1, 0.15) is 11.8 Å². The Hall–Kier alpha value is -1.56. The van der Waals surface area contributed by atoms with E-state index in [1.54, 1.807) is 0 Å². The van der Waals surface area contributed by atoms with E-state index in [9.17, 15) is 9.59 Å². The summed E-state index contributed by atoms with van der Waals surface area (Å²) in [7, 11) is 0. The Labute approximate surface area is 132 Å². The second-order valence-electron chi connectivity index (χ2n) is 4.99. The fraction of sp³-hybridized carbons (Fsp3) is 0.467. The van der Waals surface area contributed by atoms with Crippen molar-refractivity contribution in [2.24, 2.45) is 0 Å². The zero-order chi connectivity index (χ0) is 15.2. The van der Waals surface area contributed by atoms with Crippen LogP contribution in [0, 0.1) is 0 Å². The molecule has 1 N–H and O–H groups in total. The van der Waals surface area contributed by atoms with E-state index in [0.29, 0.717) is 32.4 Å². The summed E-state index contributed by atoms with van der Waals surface area (Å²) in [6, 6.07) is 6.86. The van der Waals surface area contributed by atoms with E-state index in [4.69, 9.17) is 9.84 Å². The number of ether oxygens (including phenoxy) is 1. The highest BCUT2D eigenvalue weighted by Gasteiger charge is 2.33. The van der Waals surface area contributed by atoms with Crippen molar-refractivity contribution in [3.05, 3.63) is 28.7 Å². The normalized spacial score (nSPS) is 17.8. The molecule has 1 amide bonds. The lowest BCUT2D eigenvalue weighted by Crippen LogP contribution is -2.40. The number of benzene rings is 1. The van der Waals surface area contributed by atoms with E-state index in [1.165, 1.54) is 4.90 Å². The number of halogens is 1. The molecular weight excluding hydrogens is 338 g/mol. The molecule has 21 heavy (non-hydrogen) atoms. The van der Waals surface area contributed by atoms with Crippen LogP contribution in [0.15, 0.2) is 28.7 Å². The summed E-state index contributed by atoms with van der Waals surface area (Å²) in [6.07, 6.45) is 2.21. The van der Waals surface area contributed by atoms with Gasteiger partial charge in [-0.2, -0.15) is 0 Å². The standard InChI is InChI=1S/C15H18BrNO4/c16-11-4-1-5-12(10-11)21-9-3-7-14(18)17-8-2-6-13(17)15(19)20/h1,4-5,10,13H,2-3,6-9H2,(H,19,20)/t13-/m1/s1. The molecule has 114 valence electrons. The third-order valence-corrected chi connectivity index (χ3v) is 3.95. The molecule has 2 rings (SSSR count). The van der Waals surface area contributed by atoms with Gasteiger partial charge < -0.3 is 14.7 Å². The van der Waals surface area contributed by atoms with E-state index in [2.05, 4.69) is 15.9 Å². The zero-order valence-corrected chi connectivity index (χ0v) is 13.2. The van der Waals surface area contributed by atoms with E-state index < -0.39 is 12.0 Å². The number of aliphatic carboxylic acids is 1. The Morgan fingerprint density at radius 3 is 2.95 bits per heavy atom. The molecule has 0 aromatic heterocycles. The fourth-order valence-electron chi connectivity index (χ4n) is 2.44. The van der Waals surface area contributed by atoms with Gasteiger partial charge in [0.05, 0.1) is 6.61 Å². The molecule has 6 heteroatoms. The second-order valence-corrected chi connectivity index (χ2v) is 5.91. The van der Waals surface area contributed by atoms with Gasteiger partial charge in [0.2, 0.25) is 5.91 Å². The molecule has 1 aromatic carbocycles. The van der Waals surface area contributed by atoms with Crippen molar-refractivity contribution in [3.8, 4) is 5.75 Å². The number of carboxylic acid groups (broad SMARTS) is 1. The van der Waals surface area contributed by atoms with Crippen LogP contribution in [-0.4, -0.2) is 41.1 Å². The number of nitrogens with zero attached hydrogens (tertiary/aromatic N) is 1. The lowest BCUT2D eigenvalue weighted by atomic mass is 10.2. The van der Waals surface area contributed by atoms with Gasteiger partial charge >= 0.3 is 5.97 Å². The first-order valence-corrected chi connectivity index (χ1v) is 7.78. The Balaban J connectivity index is 1.73. The Morgan fingerprint density at radius 1 is 1.43 bits per heavy atom. The van der Waals surface area contributed by atoms with Gasteiger partial charge in [-0.15, -0.1) is 0 Å². The predicted octanol–water partition coefficient (Wildman–Crippen LogP) is 2.68. The minimum Gasteiger partial charge on any atom is -0.494 e. The van der Waals surface area contributed by atoms with Crippen LogP contribution in [0.5, 0.6) is 5.75 Å². The number of carboxylic acids is 1. The molecule has 0 radical (unpaired) electrons. The van der Waals surface area contributed by atoms with Gasteiger partial charge in [-0.1, -0.05) is 22.0 Å². The first-order chi connectivity index (χ1) is 10.1. The molecule has 1 aliphatic rings. The number of carbonyl (C=O) groups excluding carboxylic acids is 1. The van der Waals surface area contributed by atoms with Gasteiger partial charge in [0.25, 0.3) is 0 Å². The molecule has 1 heterocycles. The average Bonchev–Trinajstić information content (AvgIpc) is 2.93. The largest absolute Gasteiger partial charge is 0.494 e. The van der Waals surface area contributed by atoms with Crippen molar-refractivity contribution >= 4 is 27.8 Å². The highest BCUT2D eigenvalue weighted by molar-refractivity contribution is 9.10. The monoisotopic (exact) mass is 355 g/mol. The second kappa shape index (κ2) is 7.45. The number of rotatable bonds is 6. The number of likely N-dealkylation sites (tertiary alicyclic amines) is 1. The number of carbonyl (C=O) groups is 2. The summed E-state index contributed by atoms with van der Waals surface area (Å²) in [5.74, 6) is -0.259. The number of hydrogen-bond donors (Lipinski definition) is 1. The lowest BCUT2D eigenvalue weighted by molar-refractivity contribution is -0.148. The van der Waals surface area contributed by atoms with Crippen molar-refractivity contribution in [2.45, 2.75) is 31.7 Å². The molecule has 1 aromatic rings. The molecule has 1 saturated heterocycles. The summed E-state index contributed by atoms with van der Waals surface area (Å²) >= 11 is 3.36. The summed E-state index contributed by atoms with van der Waals surface area (Å²) < 4.78 is 6.50. The molecule has 1 aliphatic heterocycles. The van der Waals surface area contributed by atoms with E-state index in [1.807, 2.05) is 24.3 Å². The Morgan fingerprint density at radius 2 is 2.24 bits per heavy atom. The predicted molar refractivity (Wildman–Crippen MR) is 81.2 cm³/mol. The molecule has 0 aliphatic carbocycles. The fourth-order valence-corrected chi connectivity index (χ4v) is 2.81. The van der Waals surface area contributed by atoms with E-state index in [0.717, 1.165) is 16.6 Å². The first kappa shape index (κ1) is 15.8. The van der Waals surface area contributed by atoms with Crippen molar-refractivity contribution in [1.29, 1.82) is 0 Å². The molecule has 1 atom stereocenters. The quantitative estimate of drug-likeness (QED) is 0.796. The SMILES string of the molecule is O=C(O)[C@H]1CCCN1C(=O)CCCOc1cccc(Br)c1. The highest BCUT2D eigenvalue weighted by atomic mass is 79.9. The van der Waals surface area contributed by atoms with Gasteiger partial charge in [-0.05, 0) is 37.5 Å². The van der Waals surface area contributed by atoms with Gasteiger partial charge in [-0.25, -0.2) is 4.79 Å². The van der Waals surface area contributed by atoms with Crippen LogP contribution in [-0.2, 0) is 9.59 Å². The van der Waals surface area contributed by atoms with Crippen LogP contribution in [0.25, 0.3) is 0 Å². The third kappa shape index (κ3) is 4.46. The maximum atomic E-state index is 12.0. The van der Waals surface area contributed by atoms with E-state index >= 15 is 0 Å². The maximum absolute atomic E-state index is 12.0. The smallest absolute Gasteiger partial charge is 0.326 e. The van der Waals surface area contributed by atoms with Crippen molar-refractivity contribution in [1.82, 2.24) is 4.90 Å². The molecule has 5 nitrogen and oxygen atoms in total. The van der Waals surface area contributed by atoms with Crippen molar-refractivity contribution in [2.75, 3.05) is 13.2 Å². The van der Waals surface area contributed by atoms with Crippen LogP contribution in [0.3, 0.4) is 0 Å². The van der Waals surface area contributed by atoms with Crippen LogP contribution in [0.2, 0.25) is 0 Å². The molecule has 0 bridgehead atoms. The molecule has 0 saturated carbocycles. The van der Waals surface area contributed by atoms with Crippen molar-refractivity contribution in [3.63, 3.8) is 0 Å². The van der Waals surface area contributed by atoms with E-state index in [-0.39, 0.29) is 5.91 Å².